The Labute approximate surface area is 124 Å². The summed E-state index contributed by atoms with van der Waals surface area (Å²) in [6, 6.07) is 13.9. The summed E-state index contributed by atoms with van der Waals surface area (Å²) in [5, 5.41) is 0.732. The van der Waals surface area contributed by atoms with Crippen molar-refractivity contribution in [3.05, 3.63) is 64.2 Å². The topological polar surface area (TPSA) is 47.3 Å². The number of hydrogen-bond acceptors (Lipinski definition) is 3. The molecular weight excluding hydrogens is 272 g/mol. The molecule has 1 unspecified atom stereocenters. The van der Waals surface area contributed by atoms with E-state index in [9.17, 15) is 0 Å². The lowest BCUT2D eigenvalue weighted by atomic mass is 9.98. The summed E-state index contributed by atoms with van der Waals surface area (Å²) in [7, 11) is 1.66. The molecule has 0 saturated heterocycles. The highest BCUT2D eigenvalue weighted by atomic mass is 35.5. The second-order valence-corrected chi connectivity index (χ2v) is 5.21. The molecule has 0 amide bonds. The van der Waals surface area contributed by atoms with Gasteiger partial charge in [-0.05, 0) is 48.2 Å². The van der Waals surface area contributed by atoms with Crippen molar-refractivity contribution in [1.82, 2.24) is 5.43 Å². The zero-order valence-corrected chi connectivity index (χ0v) is 12.4. The maximum atomic E-state index is 6.31. The van der Waals surface area contributed by atoms with E-state index in [-0.39, 0.29) is 6.04 Å². The Morgan fingerprint density at radius 1 is 1.25 bits per heavy atom. The molecule has 3 N–H and O–H groups in total. The van der Waals surface area contributed by atoms with Crippen LogP contribution in [0.4, 0.5) is 0 Å². The molecule has 0 heterocycles. The van der Waals surface area contributed by atoms with E-state index in [1.54, 1.807) is 7.11 Å². The van der Waals surface area contributed by atoms with Gasteiger partial charge in [-0.25, -0.2) is 0 Å². The van der Waals surface area contributed by atoms with Crippen LogP contribution in [0.15, 0.2) is 42.5 Å². The summed E-state index contributed by atoms with van der Waals surface area (Å²) in [6.07, 6.45) is 0.747. The Bertz CT molecular complexity index is 586. The fourth-order valence-corrected chi connectivity index (χ4v) is 2.58. The van der Waals surface area contributed by atoms with Gasteiger partial charge in [0.05, 0.1) is 13.2 Å². The van der Waals surface area contributed by atoms with Crippen molar-refractivity contribution in [2.75, 3.05) is 7.11 Å². The van der Waals surface area contributed by atoms with E-state index in [1.807, 2.05) is 43.3 Å². The molecule has 0 saturated carbocycles. The third kappa shape index (κ3) is 3.51. The fraction of sp³-hybridized carbons (Fsp3) is 0.250. The minimum Gasteiger partial charge on any atom is -0.497 e. The van der Waals surface area contributed by atoms with Gasteiger partial charge in [0, 0.05) is 5.02 Å². The zero-order chi connectivity index (χ0) is 14.5. The van der Waals surface area contributed by atoms with Gasteiger partial charge in [0.2, 0.25) is 0 Å². The fourth-order valence-electron chi connectivity index (χ4n) is 2.21. The molecule has 2 aromatic carbocycles. The molecule has 0 aliphatic carbocycles. The van der Waals surface area contributed by atoms with Crippen LogP contribution in [0.5, 0.6) is 5.75 Å². The molecule has 4 heteroatoms. The van der Waals surface area contributed by atoms with Crippen molar-refractivity contribution in [3.8, 4) is 5.75 Å². The summed E-state index contributed by atoms with van der Waals surface area (Å²) in [5.41, 5.74) is 6.12. The SMILES string of the molecule is COc1cccc(CC(NN)c2ccc(C)cc2Cl)c1. The van der Waals surface area contributed by atoms with Crippen LogP contribution in [0, 0.1) is 6.92 Å². The van der Waals surface area contributed by atoms with Crippen LogP contribution < -0.4 is 16.0 Å². The van der Waals surface area contributed by atoms with Crippen LogP contribution in [0.2, 0.25) is 5.02 Å². The second-order valence-electron chi connectivity index (χ2n) is 4.80. The second kappa shape index (κ2) is 6.75. The van der Waals surface area contributed by atoms with Gasteiger partial charge in [0.15, 0.2) is 0 Å². The lowest BCUT2D eigenvalue weighted by Gasteiger charge is -2.18. The molecule has 0 aliphatic heterocycles. The number of hydrogen-bond donors (Lipinski definition) is 2. The number of methoxy groups -OCH3 is 1. The molecule has 0 aromatic heterocycles. The van der Waals surface area contributed by atoms with Gasteiger partial charge in [0.25, 0.3) is 0 Å². The van der Waals surface area contributed by atoms with Crippen LogP contribution in [0.3, 0.4) is 0 Å². The third-order valence-corrected chi connectivity index (χ3v) is 3.63. The van der Waals surface area contributed by atoms with Crippen molar-refractivity contribution < 1.29 is 4.74 Å². The number of hydrazine groups is 1. The summed E-state index contributed by atoms with van der Waals surface area (Å²) in [4.78, 5) is 0. The van der Waals surface area contributed by atoms with Gasteiger partial charge in [0.1, 0.15) is 5.75 Å². The highest BCUT2D eigenvalue weighted by molar-refractivity contribution is 6.31. The van der Waals surface area contributed by atoms with Crippen molar-refractivity contribution in [2.45, 2.75) is 19.4 Å². The van der Waals surface area contributed by atoms with Gasteiger partial charge in [-0.2, -0.15) is 0 Å². The van der Waals surface area contributed by atoms with E-state index < -0.39 is 0 Å². The quantitative estimate of drug-likeness (QED) is 0.655. The van der Waals surface area contributed by atoms with Gasteiger partial charge >= 0.3 is 0 Å². The molecule has 0 radical (unpaired) electrons. The maximum Gasteiger partial charge on any atom is 0.119 e. The molecule has 3 nitrogen and oxygen atoms in total. The van der Waals surface area contributed by atoms with Crippen LogP contribution in [0.25, 0.3) is 0 Å². The lowest BCUT2D eigenvalue weighted by molar-refractivity contribution is 0.414. The number of rotatable bonds is 5. The predicted molar refractivity (Wildman–Crippen MR) is 83.0 cm³/mol. The smallest absolute Gasteiger partial charge is 0.119 e. The highest BCUT2D eigenvalue weighted by Crippen LogP contribution is 2.27. The predicted octanol–water partition coefficient (Wildman–Crippen LogP) is 3.40. The number of benzene rings is 2. The van der Waals surface area contributed by atoms with E-state index in [0.717, 1.165) is 33.9 Å². The standard InChI is InChI=1S/C16H19ClN2O/c1-11-6-7-14(15(17)8-11)16(19-18)10-12-4-3-5-13(9-12)20-2/h3-9,16,19H,10,18H2,1-2H3. The molecule has 106 valence electrons. The minimum absolute atomic E-state index is 0.0322. The van der Waals surface area contributed by atoms with Gasteiger partial charge < -0.3 is 4.74 Å². The number of nitrogens with two attached hydrogens (primary N) is 1. The minimum atomic E-state index is -0.0322. The van der Waals surface area contributed by atoms with E-state index in [1.165, 1.54) is 0 Å². The zero-order valence-electron chi connectivity index (χ0n) is 11.7. The Morgan fingerprint density at radius 3 is 2.70 bits per heavy atom. The first kappa shape index (κ1) is 14.9. The number of aryl methyl sites for hydroxylation is 1. The first-order valence-electron chi connectivity index (χ1n) is 6.49. The van der Waals surface area contributed by atoms with E-state index in [0.29, 0.717) is 0 Å². The van der Waals surface area contributed by atoms with Crippen LogP contribution in [-0.2, 0) is 6.42 Å². The molecular formula is C16H19ClN2O. The average Bonchev–Trinajstić information content (AvgIpc) is 2.45. The first-order chi connectivity index (χ1) is 9.63. The number of ether oxygens (including phenoxy) is 1. The van der Waals surface area contributed by atoms with Gasteiger partial charge in [-0.1, -0.05) is 35.9 Å². The Kier molecular flexibility index (Phi) is 5.01. The van der Waals surface area contributed by atoms with Crippen LogP contribution in [0.1, 0.15) is 22.7 Å². The summed E-state index contributed by atoms with van der Waals surface area (Å²) in [6.45, 7) is 2.02. The van der Waals surface area contributed by atoms with E-state index >= 15 is 0 Å². The van der Waals surface area contributed by atoms with Crippen molar-refractivity contribution >= 4 is 11.6 Å². The Morgan fingerprint density at radius 2 is 2.05 bits per heavy atom. The Hall–Kier alpha value is -1.55. The molecule has 0 aliphatic rings. The summed E-state index contributed by atoms with van der Waals surface area (Å²) >= 11 is 6.31. The van der Waals surface area contributed by atoms with Crippen LogP contribution in [-0.4, -0.2) is 7.11 Å². The first-order valence-corrected chi connectivity index (χ1v) is 6.87. The highest BCUT2D eigenvalue weighted by Gasteiger charge is 2.14. The summed E-state index contributed by atoms with van der Waals surface area (Å²) < 4.78 is 5.24. The maximum absolute atomic E-state index is 6.31. The molecule has 20 heavy (non-hydrogen) atoms. The molecule has 0 bridgehead atoms. The molecule has 2 rings (SSSR count). The normalized spacial score (nSPS) is 12.2. The molecule has 1 atom stereocenters. The van der Waals surface area contributed by atoms with Gasteiger partial charge in [-0.3, -0.25) is 11.3 Å². The van der Waals surface area contributed by atoms with E-state index in [4.69, 9.17) is 22.2 Å². The lowest BCUT2D eigenvalue weighted by Crippen LogP contribution is -2.29. The third-order valence-electron chi connectivity index (χ3n) is 3.31. The molecule has 0 spiro atoms. The van der Waals surface area contributed by atoms with Crippen molar-refractivity contribution in [3.63, 3.8) is 0 Å². The number of nitrogens with one attached hydrogen (secondary N) is 1. The molecule has 0 fully saturated rings. The number of halogens is 1. The van der Waals surface area contributed by atoms with E-state index in [2.05, 4.69) is 11.5 Å². The monoisotopic (exact) mass is 290 g/mol. The Balaban J connectivity index is 2.23. The molecule has 2 aromatic rings. The van der Waals surface area contributed by atoms with Crippen molar-refractivity contribution in [2.24, 2.45) is 5.84 Å². The largest absolute Gasteiger partial charge is 0.497 e. The van der Waals surface area contributed by atoms with Crippen molar-refractivity contribution in [1.29, 1.82) is 0 Å². The average molecular weight is 291 g/mol. The van der Waals surface area contributed by atoms with Crippen LogP contribution >= 0.6 is 11.6 Å². The van der Waals surface area contributed by atoms with Gasteiger partial charge in [-0.15, -0.1) is 0 Å². The summed E-state index contributed by atoms with van der Waals surface area (Å²) in [5.74, 6) is 6.53.